The van der Waals surface area contributed by atoms with E-state index in [1.807, 2.05) is 0 Å². The molecule has 6 nitrogen and oxygen atoms in total. The van der Waals surface area contributed by atoms with E-state index in [1.54, 1.807) is 0 Å². The molecule has 0 bridgehead atoms. The highest BCUT2D eigenvalue weighted by Crippen LogP contribution is 2.28. The fraction of sp³-hybridized carbons (Fsp3) is 0. The molecule has 1 aromatic carbocycles. The minimum atomic E-state index is -0.467. The molecule has 0 N–H and O–H groups in total. The van der Waals surface area contributed by atoms with E-state index >= 15 is 0 Å². The minimum Gasteiger partial charge on any atom is -0.430 e. The normalized spacial score (nSPS) is 10.1. The van der Waals surface area contributed by atoms with Crippen molar-refractivity contribution in [2.24, 2.45) is 0 Å². The van der Waals surface area contributed by atoms with Crippen molar-refractivity contribution in [2.75, 3.05) is 0 Å². The largest absolute Gasteiger partial charge is 0.430 e. The molecule has 0 aliphatic heterocycles. The number of aromatic nitrogens is 2. The van der Waals surface area contributed by atoms with Crippen molar-refractivity contribution >= 4 is 33.0 Å². The summed E-state index contributed by atoms with van der Waals surface area (Å²) >= 11 is 4.38. The Kier molecular flexibility index (Phi) is 3.11. The number of nitrogens with zero attached hydrogens (tertiary/aromatic N) is 3. The summed E-state index contributed by atoms with van der Waals surface area (Å²) in [6.07, 6.45) is 0. The molecule has 1 heterocycles. The average Bonchev–Trinajstić information content (AvgIpc) is 2.65. The van der Waals surface area contributed by atoms with Crippen molar-refractivity contribution in [3.05, 3.63) is 38.3 Å². The molecule has 0 amide bonds. The van der Waals surface area contributed by atoms with Gasteiger partial charge in [-0.05, 0) is 39.4 Å². The van der Waals surface area contributed by atoms with Crippen LogP contribution in [0.15, 0.2) is 28.2 Å². The van der Waals surface area contributed by atoms with E-state index in [0.29, 0.717) is 14.9 Å². The van der Waals surface area contributed by atoms with Gasteiger partial charge < -0.3 is 4.74 Å². The van der Waals surface area contributed by atoms with Gasteiger partial charge in [-0.15, -0.1) is 5.10 Å². The summed E-state index contributed by atoms with van der Waals surface area (Å²) in [6.45, 7) is 0. The number of nitro benzene ring substituents is 1. The lowest BCUT2D eigenvalue weighted by atomic mass is 10.3. The molecule has 0 atom stereocenters. The van der Waals surface area contributed by atoms with E-state index in [4.69, 9.17) is 4.74 Å². The number of non-ortho nitro benzene ring substituents is 1. The molecule has 82 valence electrons. The second-order valence-electron chi connectivity index (χ2n) is 2.67. The highest BCUT2D eigenvalue weighted by Gasteiger charge is 2.07. The van der Waals surface area contributed by atoms with Gasteiger partial charge in [-0.25, -0.2) is 0 Å². The van der Waals surface area contributed by atoms with Gasteiger partial charge >= 0.3 is 0 Å². The van der Waals surface area contributed by atoms with Gasteiger partial charge in [-0.3, -0.25) is 10.1 Å². The van der Waals surface area contributed by atoms with Gasteiger partial charge in [0.25, 0.3) is 10.9 Å². The van der Waals surface area contributed by atoms with Crippen molar-refractivity contribution in [1.82, 2.24) is 10.2 Å². The Morgan fingerprint density at radius 3 is 2.50 bits per heavy atom. The zero-order chi connectivity index (χ0) is 11.5. The highest BCUT2D eigenvalue weighted by atomic mass is 79.9. The lowest BCUT2D eigenvalue weighted by molar-refractivity contribution is -0.384. The Bertz CT molecular complexity index is 514. The summed E-state index contributed by atoms with van der Waals surface area (Å²) in [5.74, 6) is 0.481. The maximum atomic E-state index is 10.4. The van der Waals surface area contributed by atoms with Crippen LogP contribution < -0.4 is 4.74 Å². The fourth-order valence-corrected chi connectivity index (χ4v) is 1.91. The van der Waals surface area contributed by atoms with Crippen molar-refractivity contribution in [3.8, 4) is 10.9 Å². The third-order valence-electron chi connectivity index (χ3n) is 1.63. The molecule has 16 heavy (non-hydrogen) atoms. The second kappa shape index (κ2) is 4.54. The quantitative estimate of drug-likeness (QED) is 0.643. The Balaban J connectivity index is 2.14. The maximum absolute atomic E-state index is 10.4. The Hall–Kier alpha value is -1.54. The first-order valence-corrected chi connectivity index (χ1v) is 5.67. The van der Waals surface area contributed by atoms with E-state index in [-0.39, 0.29) is 5.69 Å². The number of halogens is 1. The summed E-state index contributed by atoms with van der Waals surface area (Å²) in [7, 11) is 0. The monoisotopic (exact) mass is 301 g/mol. The summed E-state index contributed by atoms with van der Waals surface area (Å²) < 4.78 is 5.94. The standard InChI is InChI=1S/C8H4BrN3O3S/c9-7-10-11-8(16-7)15-6-3-1-5(2-4-6)12(13)14/h1-4H. The Labute approximate surface area is 102 Å². The fourth-order valence-electron chi connectivity index (χ4n) is 0.971. The van der Waals surface area contributed by atoms with Gasteiger partial charge in [-0.2, -0.15) is 0 Å². The molecule has 1 aromatic heterocycles. The van der Waals surface area contributed by atoms with Crippen LogP contribution in [-0.2, 0) is 0 Å². The number of nitro groups is 1. The first kappa shape index (κ1) is 11.0. The molecule has 0 radical (unpaired) electrons. The zero-order valence-corrected chi connectivity index (χ0v) is 10.1. The Morgan fingerprint density at radius 1 is 1.31 bits per heavy atom. The molecule has 8 heteroatoms. The van der Waals surface area contributed by atoms with Crippen LogP contribution in [0.3, 0.4) is 0 Å². The summed E-state index contributed by atoms with van der Waals surface area (Å²) in [5.41, 5.74) is 0.0193. The van der Waals surface area contributed by atoms with Gasteiger partial charge in [0.05, 0.1) is 4.92 Å². The SMILES string of the molecule is O=[N+]([O-])c1ccc(Oc2nnc(Br)s2)cc1. The molecule has 0 saturated carbocycles. The average molecular weight is 302 g/mol. The van der Waals surface area contributed by atoms with E-state index in [0.717, 1.165) is 0 Å². The number of ether oxygens (including phenoxy) is 1. The van der Waals surface area contributed by atoms with Crippen molar-refractivity contribution in [1.29, 1.82) is 0 Å². The molecule has 0 unspecified atom stereocenters. The molecular formula is C8H4BrN3O3S. The molecule has 0 aliphatic carbocycles. The minimum absolute atomic E-state index is 0.0193. The summed E-state index contributed by atoms with van der Waals surface area (Å²) in [4.78, 5) is 9.95. The smallest absolute Gasteiger partial charge is 0.300 e. The van der Waals surface area contributed by atoms with Crippen LogP contribution in [0.1, 0.15) is 0 Å². The van der Waals surface area contributed by atoms with E-state index < -0.39 is 4.92 Å². The van der Waals surface area contributed by atoms with Crippen molar-refractivity contribution in [2.45, 2.75) is 0 Å². The highest BCUT2D eigenvalue weighted by molar-refractivity contribution is 9.11. The second-order valence-corrected chi connectivity index (χ2v) is 4.89. The van der Waals surface area contributed by atoms with Crippen LogP contribution in [0.25, 0.3) is 0 Å². The first-order chi connectivity index (χ1) is 7.65. The van der Waals surface area contributed by atoms with Crippen molar-refractivity contribution < 1.29 is 9.66 Å². The van der Waals surface area contributed by atoms with Crippen molar-refractivity contribution in [3.63, 3.8) is 0 Å². The van der Waals surface area contributed by atoms with Crippen LogP contribution >= 0.6 is 27.3 Å². The van der Waals surface area contributed by atoms with Gasteiger partial charge in [-0.1, -0.05) is 5.10 Å². The van der Waals surface area contributed by atoms with Crippen LogP contribution in [0.5, 0.6) is 10.9 Å². The lowest BCUT2D eigenvalue weighted by Gasteiger charge is -1.99. The van der Waals surface area contributed by atoms with Crippen LogP contribution in [-0.4, -0.2) is 15.1 Å². The van der Waals surface area contributed by atoms with E-state index in [1.165, 1.54) is 35.6 Å². The van der Waals surface area contributed by atoms with Gasteiger partial charge in [0.1, 0.15) is 5.75 Å². The molecule has 0 saturated heterocycles. The zero-order valence-electron chi connectivity index (χ0n) is 7.66. The Morgan fingerprint density at radius 2 is 2.00 bits per heavy atom. The van der Waals surface area contributed by atoms with E-state index in [9.17, 15) is 10.1 Å². The number of benzene rings is 1. The van der Waals surface area contributed by atoms with Gasteiger partial charge in [0, 0.05) is 12.1 Å². The third kappa shape index (κ3) is 2.52. The molecule has 2 aromatic rings. The first-order valence-electron chi connectivity index (χ1n) is 4.06. The van der Waals surface area contributed by atoms with Gasteiger partial charge in [0.2, 0.25) is 0 Å². The number of rotatable bonds is 3. The third-order valence-corrected chi connectivity index (χ3v) is 2.87. The summed E-state index contributed by atoms with van der Waals surface area (Å²) in [5, 5.41) is 18.2. The predicted octanol–water partition coefficient (Wildman–Crippen LogP) is 3.00. The molecular weight excluding hydrogens is 298 g/mol. The topological polar surface area (TPSA) is 78.2 Å². The number of hydrogen-bond acceptors (Lipinski definition) is 6. The summed E-state index contributed by atoms with van der Waals surface area (Å²) in [6, 6.07) is 5.75. The van der Waals surface area contributed by atoms with Gasteiger partial charge in [0.15, 0.2) is 3.92 Å². The van der Waals surface area contributed by atoms with Crippen LogP contribution in [0.4, 0.5) is 5.69 Å². The van der Waals surface area contributed by atoms with Crippen LogP contribution in [0, 0.1) is 10.1 Å². The molecule has 2 rings (SSSR count). The predicted molar refractivity (Wildman–Crippen MR) is 60.8 cm³/mol. The van der Waals surface area contributed by atoms with E-state index in [2.05, 4.69) is 26.1 Å². The number of hydrogen-bond donors (Lipinski definition) is 0. The lowest BCUT2D eigenvalue weighted by Crippen LogP contribution is -1.88. The molecule has 0 aliphatic rings. The molecule has 0 fully saturated rings. The maximum Gasteiger partial charge on any atom is 0.300 e. The molecule has 0 spiro atoms. The van der Waals surface area contributed by atoms with Crippen LogP contribution in [0.2, 0.25) is 0 Å².